The molecule has 1 aromatic heterocycles. The van der Waals surface area contributed by atoms with E-state index in [0.717, 1.165) is 12.0 Å². The Bertz CT molecular complexity index is 1050. The van der Waals surface area contributed by atoms with E-state index >= 15 is 0 Å². The van der Waals surface area contributed by atoms with Gasteiger partial charge in [-0.3, -0.25) is 9.59 Å². The Morgan fingerprint density at radius 1 is 1.10 bits per heavy atom. The molecular formula is C22H18ClN3O3. The molecule has 2 aromatic carbocycles. The summed E-state index contributed by atoms with van der Waals surface area (Å²) in [4.78, 5) is 28.1. The van der Waals surface area contributed by atoms with Crippen LogP contribution in [-0.4, -0.2) is 16.8 Å². The van der Waals surface area contributed by atoms with E-state index in [2.05, 4.69) is 15.6 Å². The lowest BCUT2D eigenvalue weighted by Gasteiger charge is -2.12. The van der Waals surface area contributed by atoms with Crippen LogP contribution in [-0.2, 0) is 4.79 Å². The number of halogens is 1. The van der Waals surface area contributed by atoms with Crippen LogP contribution < -0.4 is 15.4 Å². The van der Waals surface area contributed by atoms with Gasteiger partial charge in [-0.25, -0.2) is 4.98 Å². The highest BCUT2D eigenvalue weighted by Crippen LogP contribution is 2.26. The molecule has 4 rings (SSSR count). The van der Waals surface area contributed by atoms with Crippen LogP contribution in [0.25, 0.3) is 0 Å². The van der Waals surface area contributed by atoms with Crippen LogP contribution in [0.4, 0.5) is 5.69 Å². The first-order valence-electron chi connectivity index (χ1n) is 9.17. The summed E-state index contributed by atoms with van der Waals surface area (Å²) in [5, 5.41) is 6.34. The molecule has 29 heavy (non-hydrogen) atoms. The lowest BCUT2D eigenvalue weighted by molar-refractivity contribution is -0.119. The molecule has 2 heterocycles. The summed E-state index contributed by atoms with van der Waals surface area (Å²) in [5.74, 6) is 0.816. The molecule has 7 heteroatoms. The fraction of sp³-hybridized carbons (Fsp3) is 0.136. The standard InChI is InChI=1S/C22H18ClN3O3/c23-15-4-2-6-17(12-15)29-18-7-8-20(24-13-18)22(28)25-16-5-1-3-14(11-16)19-9-10-21(27)26-19/h1-8,11-13,19H,9-10H2,(H,25,28)(H,26,27). The number of rotatable bonds is 5. The number of nitrogens with zero attached hydrogens (tertiary/aromatic N) is 1. The number of amides is 2. The van der Waals surface area contributed by atoms with Gasteiger partial charge in [0, 0.05) is 17.1 Å². The summed E-state index contributed by atoms with van der Waals surface area (Å²) in [6.07, 6.45) is 2.76. The zero-order valence-electron chi connectivity index (χ0n) is 15.4. The van der Waals surface area contributed by atoms with Gasteiger partial charge in [0.15, 0.2) is 0 Å². The van der Waals surface area contributed by atoms with Crippen molar-refractivity contribution in [1.29, 1.82) is 0 Å². The molecular weight excluding hydrogens is 390 g/mol. The third kappa shape index (κ3) is 4.73. The maximum atomic E-state index is 12.5. The highest BCUT2D eigenvalue weighted by atomic mass is 35.5. The maximum Gasteiger partial charge on any atom is 0.274 e. The van der Waals surface area contributed by atoms with E-state index in [1.54, 1.807) is 42.5 Å². The highest BCUT2D eigenvalue weighted by molar-refractivity contribution is 6.30. The topological polar surface area (TPSA) is 80.3 Å². The highest BCUT2D eigenvalue weighted by Gasteiger charge is 2.22. The van der Waals surface area contributed by atoms with Gasteiger partial charge in [-0.05, 0) is 54.4 Å². The molecule has 0 aliphatic carbocycles. The number of carbonyl (C=O) groups excluding carboxylic acids is 2. The number of pyridine rings is 1. The van der Waals surface area contributed by atoms with Gasteiger partial charge in [0.1, 0.15) is 17.2 Å². The van der Waals surface area contributed by atoms with E-state index in [1.807, 2.05) is 18.2 Å². The average Bonchev–Trinajstić information content (AvgIpc) is 3.15. The van der Waals surface area contributed by atoms with Gasteiger partial charge in [-0.1, -0.05) is 29.8 Å². The largest absolute Gasteiger partial charge is 0.456 e. The summed E-state index contributed by atoms with van der Waals surface area (Å²) in [5.41, 5.74) is 1.88. The van der Waals surface area contributed by atoms with E-state index in [0.29, 0.717) is 28.6 Å². The van der Waals surface area contributed by atoms with Gasteiger partial charge < -0.3 is 15.4 Å². The zero-order chi connectivity index (χ0) is 20.2. The normalized spacial score (nSPS) is 15.6. The Labute approximate surface area is 172 Å². The van der Waals surface area contributed by atoms with Gasteiger partial charge in [0.25, 0.3) is 5.91 Å². The van der Waals surface area contributed by atoms with Crippen molar-refractivity contribution in [3.05, 3.63) is 83.1 Å². The number of ether oxygens (including phenoxy) is 1. The first-order chi connectivity index (χ1) is 14.1. The molecule has 2 amide bonds. The molecule has 1 aliphatic rings. The maximum absolute atomic E-state index is 12.5. The van der Waals surface area contributed by atoms with Gasteiger partial charge in [-0.15, -0.1) is 0 Å². The number of hydrogen-bond acceptors (Lipinski definition) is 4. The Hall–Kier alpha value is -3.38. The van der Waals surface area contributed by atoms with Crippen LogP contribution in [0.2, 0.25) is 5.02 Å². The molecule has 0 radical (unpaired) electrons. The lowest BCUT2D eigenvalue weighted by atomic mass is 10.0. The molecule has 1 atom stereocenters. The molecule has 1 unspecified atom stereocenters. The second-order valence-electron chi connectivity index (χ2n) is 6.68. The average molecular weight is 408 g/mol. The molecule has 3 aromatic rings. The van der Waals surface area contributed by atoms with Crippen LogP contribution in [0, 0.1) is 0 Å². The van der Waals surface area contributed by atoms with E-state index in [1.165, 1.54) is 6.20 Å². The predicted octanol–water partition coefficient (Wildman–Crippen LogP) is 4.73. The van der Waals surface area contributed by atoms with Crippen LogP contribution in [0.5, 0.6) is 11.5 Å². The van der Waals surface area contributed by atoms with E-state index in [9.17, 15) is 9.59 Å². The van der Waals surface area contributed by atoms with E-state index in [4.69, 9.17) is 16.3 Å². The van der Waals surface area contributed by atoms with Crippen molar-refractivity contribution in [1.82, 2.24) is 10.3 Å². The summed E-state index contributed by atoms with van der Waals surface area (Å²) in [7, 11) is 0. The molecule has 0 bridgehead atoms. The van der Waals surface area contributed by atoms with Gasteiger partial charge >= 0.3 is 0 Å². The number of hydrogen-bond donors (Lipinski definition) is 2. The molecule has 1 saturated heterocycles. The summed E-state index contributed by atoms with van der Waals surface area (Å²) in [6.45, 7) is 0. The van der Waals surface area contributed by atoms with Crippen LogP contribution in [0.3, 0.4) is 0 Å². The smallest absolute Gasteiger partial charge is 0.274 e. The van der Waals surface area contributed by atoms with Crippen molar-refractivity contribution in [3.63, 3.8) is 0 Å². The van der Waals surface area contributed by atoms with Gasteiger partial charge in [0.2, 0.25) is 5.91 Å². The lowest BCUT2D eigenvalue weighted by Crippen LogP contribution is -2.18. The van der Waals surface area contributed by atoms with Crippen LogP contribution in [0.1, 0.15) is 34.9 Å². The predicted molar refractivity (Wildman–Crippen MR) is 110 cm³/mol. The fourth-order valence-electron chi connectivity index (χ4n) is 3.13. The first kappa shape index (κ1) is 19.0. The Kier molecular flexibility index (Phi) is 5.44. The van der Waals surface area contributed by atoms with E-state index in [-0.39, 0.29) is 23.6 Å². The first-order valence-corrected chi connectivity index (χ1v) is 9.55. The Balaban J connectivity index is 1.41. The molecule has 1 fully saturated rings. The summed E-state index contributed by atoms with van der Waals surface area (Å²) in [6, 6.07) is 17.7. The molecule has 1 aliphatic heterocycles. The fourth-order valence-corrected chi connectivity index (χ4v) is 3.31. The van der Waals surface area contributed by atoms with Gasteiger partial charge in [-0.2, -0.15) is 0 Å². The third-order valence-corrected chi connectivity index (χ3v) is 4.78. The minimum absolute atomic E-state index is 0.0135. The van der Waals surface area contributed by atoms with Crippen LogP contribution >= 0.6 is 11.6 Å². The zero-order valence-corrected chi connectivity index (χ0v) is 16.1. The number of carbonyl (C=O) groups is 2. The number of benzene rings is 2. The number of nitrogens with one attached hydrogen (secondary N) is 2. The molecule has 6 nitrogen and oxygen atoms in total. The Morgan fingerprint density at radius 3 is 2.69 bits per heavy atom. The third-order valence-electron chi connectivity index (χ3n) is 4.54. The van der Waals surface area contributed by atoms with Crippen molar-refractivity contribution in [2.45, 2.75) is 18.9 Å². The SMILES string of the molecule is O=C1CCC(c2cccc(NC(=O)c3ccc(Oc4cccc(Cl)c4)cn3)c2)N1. The minimum atomic E-state index is -0.327. The number of aromatic nitrogens is 1. The second kappa shape index (κ2) is 8.32. The quantitative estimate of drug-likeness (QED) is 0.640. The van der Waals surface area contributed by atoms with Crippen molar-refractivity contribution in [2.75, 3.05) is 5.32 Å². The molecule has 0 saturated carbocycles. The van der Waals surface area contributed by atoms with Crippen molar-refractivity contribution in [2.24, 2.45) is 0 Å². The van der Waals surface area contributed by atoms with Gasteiger partial charge in [0.05, 0.1) is 12.2 Å². The Morgan fingerprint density at radius 2 is 1.97 bits per heavy atom. The van der Waals surface area contributed by atoms with Crippen molar-refractivity contribution >= 4 is 29.1 Å². The summed E-state index contributed by atoms with van der Waals surface area (Å²) >= 11 is 5.95. The molecule has 2 N–H and O–H groups in total. The second-order valence-corrected chi connectivity index (χ2v) is 7.11. The molecule has 146 valence electrons. The van der Waals surface area contributed by atoms with Crippen molar-refractivity contribution < 1.29 is 14.3 Å². The number of anilines is 1. The minimum Gasteiger partial charge on any atom is -0.456 e. The monoisotopic (exact) mass is 407 g/mol. The van der Waals surface area contributed by atoms with Crippen LogP contribution in [0.15, 0.2) is 66.9 Å². The molecule has 0 spiro atoms. The van der Waals surface area contributed by atoms with Crippen molar-refractivity contribution in [3.8, 4) is 11.5 Å². The summed E-state index contributed by atoms with van der Waals surface area (Å²) < 4.78 is 5.68. The van der Waals surface area contributed by atoms with E-state index < -0.39 is 0 Å².